The van der Waals surface area contributed by atoms with Crippen molar-refractivity contribution in [2.45, 2.75) is 26.4 Å². The van der Waals surface area contributed by atoms with E-state index in [9.17, 15) is 14.0 Å². The number of hydrogen-bond donors (Lipinski definition) is 1. The van der Waals surface area contributed by atoms with Crippen molar-refractivity contribution in [3.63, 3.8) is 0 Å². The summed E-state index contributed by atoms with van der Waals surface area (Å²) < 4.78 is 16.1. The molecular formula is C23H21FN4O2. The zero-order valence-corrected chi connectivity index (χ0v) is 16.5. The lowest BCUT2D eigenvalue weighted by Crippen LogP contribution is -2.27. The van der Waals surface area contributed by atoms with E-state index < -0.39 is 0 Å². The zero-order valence-electron chi connectivity index (χ0n) is 16.5. The van der Waals surface area contributed by atoms with Crippen LogP contribution in [0.3, 0.4) is 0 Å². The lowest BCUT2D eigenvalue weighted by atomic mass is 10.1. The molecule has 2 aromatic heterocycles. The molecule has 0 aliphatic heterocycles. The van der Waals surface area contributed by atoms with Gasteiger partial charge in [-0.1, -0.05) is 29.8 Å². The Morgan fingerprint density at radius 3 is 2.67 bits per heavy atom. The van der Waals surface area contributed by atoms with Crippen LogP contribution in [-0.4, -0.2) is 20.1 Å². The molecule has 2 heterocycles. The second kappa shape index (κ2) is 8.32. The number of benzene rings is 2. The number of aromatic nitrogens is 3. The number of aryl methyl sites for hydroxylation is 2. The van der Waals surface area contributed by atoms with Gasteiger partial charge in [0, 0.05) is 37.5 Å². The van der Waals surface area contributed by atoms with Crippen LogP contribution in [0.25, 0.3) is 16.8 Å². The molecule has 152 valence electrons. The Morgan fingerprint density at radius 2 is 1.90 bits per heavy atom. The Morgan fingerprint density at radius 1 is 1.10 bits per heavy atom. The lowest BCUT2D eigenvalue weighted by Gasteiger charge is -2.08. The highest BCUT2D eigenvalue weighted by molar-refractivity contribution is 5.75. The van der Waals surface area contributed by atoms with Gasteiger partial charge in [0.15, 0.2) is 0 Å². The Kier molecular flexibility index (Phi) is 5.43. The van der Waals surface area contributed by atoms with Gasteiger partial charge in [0.1, 0.15) is 11.3 Å². The van der Waals surface area contributed by atoms with E-state index in [0.717, 1.165) is 16.7 Å². The van der Waals surface area contributed by atoms with Crippen LogP contribution < -0.4 is 10.9 Å². The summed E-state index contributed by atoms with van der Waals surface area (Å²) in [6.07, 6.45) is 3.49. The van der Waals surface area contributed by atoms with Crippen molar-refractivity contribution < 1.29 is 9.18 Å². The van der Waals surface area contributed by atoms with E-state index in [1.807, 2.05) is 31.2 Å². The normalized spacial score (nSPS) is 11.0. The van der Waals surface area contributed by atoms with Crippen molar-refractivity contribution in [3.05, 3.63) is 94.3 Å². The number of nitrogens with one attached hydrogen (secondary N) is 1. The number of halogens is 1. The molecule has 0 atom stereocenters. The maximum Gasteiger partial charge on any atom is 0.276 e. The fourth-order valence-electron chi connectivity index (χ4n) is 3.30. The Bertz CT molecular complexity index is 1260. The van der Waals surface area contributed by atoms with Gasteiger partial charge in [0.2, 0.25) is 5.91 Å². The first-order valence-electron chi connectivity index (χ1n) is 9.66. The molecule has 1 N–H and O–H groups in total. The quantitative estimate of drug-likeness (QED) is 0.536. The fraction of sp³-hybridized carbons (Fsp3) is 0.174. The Balaban J connectivity index is 1.44. The number of nitrogens with zero attached hydrogens (tertiary/aromatic N) is 3. The van der Waals surface area contributed by atoms with Crippen LogP contribution in [-0.2, 0) is 17.9 Å². The molecule has 0 radical (unpaired) electrons. The first-order chi connectivity index (χ1) is 14.5. The average molecular weight is 404 g/mol. The molecule has 0 unspecified atom stereocenters. The highest BCUT2D eigenvalue weighted by Gasteiger charge is 2.10. The van der Waals surface area contributed by atoms with Gasteiger partial charge in [-0.3, -0.25) is 9.59 Å². The van der Waals surface area contributed by atoms with Crippen molar-refractivity contribution in [3.8, 4) is 11.3 Å². The van der Waals surface area contributed by atoms with Crippen LogP contribution in [0.4, 0.5) is 4.39 Å². The van der Waals surface area contributed by atoms with E-state index in [1.165, 1.54) is 21.2 Å². The minimum atomic E-state index is -0.328. The topological polar surface area (TPSA) is 68.4 Å². The standard InChI is InChI=1S/C23H21FN4O2/c1-16-3-2-4-17(13-16)15-25-22(29)9-10-27-11-12-28-21(23(27)30)14-20(26-28)18-5-7-19(24)8-6-18/h2-8,11-14H,9-10,15H2,1H3,(H,25,29). The van der Waals surface area contributed by atoms with Crippen molar-refractivity contribution in [2.75, 3.05) is 0 Å². The third-order valence-corrected chi connectivity index (χ3v) is 4.90. The molecule has 7 heteroatoms. The van der Waals surface area contributed by atoms with Crippen molar-refractivity contribution >= 4 is 11.4 Å². The molecule has 4 aromatic rings. The summed E-state index contributed by atoms with van der Waals surface area (Å²) in [5.41, 5.74) is 3.65. The monoisotopic (exact) mass is 404 g/mol. The first kappa shape index (κ1) is 19.6. The fourth-order valence-corrected chi connectivity index (χ4v) is 3.30. The molecule has 0 saturated heterocycles. The second-order valence-corrected chi connectivity index (χ2v) is 7.18. The molecule has 0 fully saturated rings. The molecule has 0 saturated carbocycles. The van der Waals surface area contributed by atoms with E-state index in [1.54, 1.807) is 30.6 Å². The van der Waals surface area contributed by atoms with E-state index in [4.69, 9.17) is 0 Å². The third kappa shape index (κ3) is 4.30. The summed E-state index contributed by atoms with van der Waals surface area (Å²) >= 11 is 0. The number of carbonyl (C=O) groups is 1. The summed E-state index contributed by atoms with van der Waals surface area (Å²) in [5, 5.41) is 7.26. The summed E-state index contributed by atoms with van der Waals surface area (Å²) in [7, 11) is 0. The molecule has 4 rings (SSSR count). The molecule has 0 aliphatic rings. The van der Waals surface area contributed by atoms with E-state index in [-0.39, 0.29) is 30.2 Å². The maximum atomic E-state index is 13.1. The van der Waals surface area contributed by atoms with Gasteiger partial charge >= 0.3 is 0 Å². The van der Waals surface area contributed by atoms with Gasteiger partial charge in [-0.25, -0.2) is 8.91 Å². The number of carbonyl (C=O) groups excluding carboxylic acids is 1. The second-order valence-electron chi connectivity index (χ2n) is 7.18. The molecule has 6 nitrogen and oxygen atoms in total. The number of fused-ring (bicyclic) bond motifs is 1. The molecule has 2 aromatic carbocycles. The molecule has 0 spiro atoms. The SMILES string of the molecule is Cc1cccc(CNC(=O)CCn2ccn3nc(-c4ccc(F)cc4)cc3c2=O)c1. The van der Waals surface area contributed by atoms with E-state index >= 15 is 0 Å². The highest BCUT2D eigenvalue weighted by Crippen LogP contribution is 2.18. The summed E-state index contributed by atoms with van der Waals surface area (Å²) in [6.45, 7) is 2.73. The molecular weight excluding hydrogens is 383 g/mol. The number of rotatable bonds is 6. The minimum absolute atomic E-state index is 0.121. The minimum Gasteiger partial charge on any atom is -0.352 e. The lowest BCUT2D eigenvalue weighted by molar-refractivity contribution is -0.121. The average Bonchev–Trinajstić information content (AvgIpc) is 3.17. The Hall–Kier alpha value is -3.74. The van der Waals surface area contributed by atoms with Crippen molar-refractivity contribution in [1.82, 2.24) is 19.5 Å². The van der Waals surface area contributed by atoms with Crippen LogP contribution in [0, 0.1) is 12.7 Å². The van der Waals surface area contributed by atoms with Crippen LogP contribution >= 0.6 is 0 Å². The smallest absolute Gasteiger partial charge is 0.276 e. The van der Waals surface area contributed by atoms with Gasteiger partial charge < -0.3 is 9.88 Å². The molecule has 30 heavy (non-hydrogen) atoms. The first-order valence-corrected chi connectivity index (χ1v) is 9.66. The van der Waals surface area contributed by atoms with Gasteiger partial charge in [0.25, 0.3) is 5.56 Å². The van der Waals surface area contributed by atoms with Crippen LogP contribution in [0.15, 0.2) is 71.8 Å². The number of hydrogen-bond acceptors (Lipinski definition) is 3. The zero-order chi connectivity index (χ0) is 21.1. The van der Waals surface area contributed by atoms with Crippen molar-refractivity contribution in [2.24, 2.45) is 0 Å². The van der Waals surface area contributed by atoms with Gasteiger partial charge in [-0.2, -0.15) is 5.10 Å². The number of amides is 1. The summed E-state index contributed by atoms with van der Waals surface area (Å²) in [4.78, 5) is 25.0. The predicted octanol–water partition coefficient (Wildman–Crippen LogP) is 3.32. The molecule has 0 bridgehead atoms. The van der Waals surface area contributed by atoms with Crippen LogP contribution in [0.2, 0.25) is 0 Å². The van der Waals surface area contributed by atoms with Crippen LogP contribution in [0.5, 0.6) is 0 Å². The molecule has 0 aliphatic carbocycles. The third-order valence-electron chi connectivity index (χ3n) is 4.90. The maximum absolute atomic E-state index is 13.1. The van der Waals surface area contributed by atoms with Gasteiger partial charge in [-0.05, 0) is 42.8 Å². The van der Waals surface area contributed by atoms with E-state index in [0.29, 0.717) is 17.8 Å². The van der Waals surface area contributed by atoms with E-state index in [2.05, 4.69) is 10.4 Å². The largest absolute Gasteiger partial charge is 0.352 e. The van der Waals surface area contributed by atoms with Crippen molar-refractivity contribution in [1.29, 1.82) is 0 Å². The molecule has 1 amide bonds. The van der Waals surface area contributed by atoms with Gasteiger partial charge in [-0.15, -0.1) is 0 Å². The highest BCUT2D eigenvalue weighted by atomic mass is 19.1. The predicted molar refractivity (Wildman–Crippen MR) is 112 cm³/mol. The van der Waals surface area contributed by atoms with Crippen LogP contribution in [0.1, 0.15) is 17.5 Å². The summed E-state index contributed by atoms with van der Waals surface area (Å²) in [5.74, 6) is -0.450. The Labute approximate surface area is 172 Å². The van der Waals surface area contributed by atoms with Gasteiger partial charge in [0.05, 0.1) is 5.69 Å². The summed E-state index contributed by atoms with van der Waals surface area (Å²) in [6, 6.07) is 15.6.